The van der Waals surface area contributed by atoms with Crippen molar-refractivity contribution in [2.75, 3.05) is 17.0 Å². The van der Waals surface area contributed by atoms with Gasteiger partial charge in [-0.2, -0.15) is 0 Å². The molecule has 0 spiro atoms. The van der Waals surface area contributed by atoms with Gasteiger partial charge in [-0.05, 0) is 47.5 Å². The lowest BCUT2D eigenvalue weighted by Crippen LogP contribution is -2.30. The van der Waals surface area contributed by atoms with Crippen LogP contribution in [0.2, 0.25) is 0 Å². The first-order valence-electron chi connectivity index (χ1n) is 10.5. The van der Waals surface area contributed by atoms with Crippen LogP contribution in [0.5, 0.6) is 5.75 Å². The molecule has 0 saturated carbocycles. The van der Waals surface area contributed by atoms with Gasteiger partial charge in [-0.15, -0.1) is 0 Å². The molecular formula is C25H20FN3O5. The van der Waals surface area contributed by atoms with Gasteiger partial charge in [0.25, 0.3) is 5.91 Å². The minimum Gasteiger partial charge on any atom is -0.467 e. The molecule has 0 atom stereocenters. The predicted octanol–water partition coefficient (Wildman–Crippen LogP) is 4.04. The van der Waals surface area contributed by atoms with E-state index in [1.54, 1.807) is 24.3 Å². The van der Waals surface area contributed by atoms with E-state index >= 15 is 0 Å². The zero-order chi connectivity index (χ0) is 23.8. The third-order valence-corrected chi connectivity index (χ3v) is 5.69. The van der Waals surface area contributed by atoms with Crippen molar-refractivity contribution in [1.82, 2.24) is 0 Å². The van der Waals surface area contributed by atoms with Gasteiger partial charge in [0, 0.05) is 29.3 Å². The second-order valence-electron chi connectivity index (χ2n) is 8.00. The van der Waals surface area contributed by atoms with Crippen molar-refractivity contribution in [3.05, 3.63) is 77.1 Å². The average Bonchev–Trinajstić information content (AvgIpc) is 3.08. The fourth-order valence-corrected chi connectivity index (χ4v) is 4.27. The minimum absolute atomic E-state index is 0.0142. The summed E-state index contributed by atoms with van der Waals surface area (Å²) in [6.45, 7) is 1.69. The summed E-state index contributed by atoms with van der Waals surface area (Å²) in [4.78, 5) is 26.0. The number of nitrogens with one attached hydrogen (secondary N) is 1. The molecule has 8 nitrogen and oxygen atoms in total. The normalized spacial score (nSPS) is 15.6. The fourth-order valence-electron chi connectivity index (χ4n) is 4.27. The molecule has 34 heavy (non-hydrogen) atoms. The van der Waals surface area contributed by atoms with Crippen LogP contribution in [0.25, 0.3) is 11.1 Å². The minimum atomic E-state index is -0.508. The Bertz CT molecular complexity index is 1350. The van der Waals surface area contributed by atoms with Gasteiger partial charge in [0.1, 0.15) is 11.6 Å². The molecule has 0 unspecified atom stereocenters. The summed E-state index contributed by atoms with van der Waals surface area (Å²) < 4.78 is 25.1. The lowest BCUT2D eigenvalue weighted by Gasteiger charge is -2.24. The monoisotopic (exact) mass is 461 g/mol. The van der Waals surface area contributed by atoms with Gasteiger partial charge in [-0.3, -0.25) is 9.59 Å². The van der Waals surface area contributed by atoms with Gasteiger partial charge in [0.05, 0.1) is 18.8 Å². The molecule has 5 rings (SSSR count). The van der Waals surface area contributed by atoms with Crippen molar-refractivity contribution in [2.24, 2.45) is 5.16 Å². The summed E-state index contributed by atoms with van der Waals surface area (Å²) in [6, 6.07) is 15.3. The van der Waals surface area contributed by atoms with Gasteiger partial charge < -0.3 is 24.9 Å². The molecule has 0 bridgehead atoms. The average molecular weight is 461 g/mol. The molecular weight excluding hydrogens is 441 g/mol. The number of oxime groups is 1. The highest BCUT2D eigenvalue weighted by molar-refractivity contribution is 6.54. The van der Waals surface area contributed by atoms with Crippen LogP contribution in [0.1, 0.15) is 23.6 Å². The van der Waals surface area contributed by atoms with Gasteiger partial charge in [0.2, 0.25) is 5.91 Å². The van der Waals surface area contributed by atoms with Gasteiger partial charge in [-0.1, -0.05) is 23.4 Å². The number of hydrogen-bond donors (Lipinski definition) is 2. The Morgan fingerprint density at radius 3 is 2.79 bits per heavy atom. The first-order chi connectivity index (χ1) is 16.4. The van der Waals surface area contributed by atoms with E-state index in [1.165, 1.54) is 24.0 Å². The van der Waals surface area contributed by atoms with Crippen LogP contribution >= 0.6 is 0 Å². The third kappa shape index (κ3) is 3.86. The maximum Gasteiger partial charge on any atom is 0.281 e. The number of nitrogens with zero attached hydrogens (tertiary/aromatic N) is 2. The topological polar surface area (TPSA) is 100 Å². The molecule has 2 amide bonds. The number of hydrogen-bond acceptors (Lipinski definition) is 6. The van der Waals surface area contributed by atoms with E-state index in [-0.39, 0.29) is 31.6 Å². The highest BCUT2D eigenvalue weighted by Crippen LogP contribution is 2.38. The van der Waals surface area contributed by atoms with Crippen LogP contribution in [0.3, 0.4) is 0 Å². The number of benzene rings is 3. The van der Waals surface area contributed by atoms with Crippen molar-refractivity contribution in [3.63, 3.8) is 0 Å². The van der Waals surface area contributed by atoms with Crippen molar-refractivity contribution >= 4 is 28.9 Å². The van der Waals surface area contributed by atoms with Gasteiger partial charge in [0.15, 0.2) is 12.5 Å². The van der Waals surface area contributed by atoms with E-state index in [2.05, 4.69) is 10.5 Å². The second kappa shape index (κ2) is 8.60. The number of rotatable bonds is 4. The van der Waals surface area contributed by atoms with Crippen molar-refractivity contribution in [1.29, 1.82) is 0 Å². The number of carbonyl (C=O) groups is 2. The molecule has 0 aromatic heterocycles. The Labute approximate surface area is 194 Å². The Morgan fingerprint density at radius 2 is 2.00 bits per heavy atom. The quantitative estimate of drug-likeness (QED) is 0.451. The van der Waals surface area contributed by atoms with E-state index in [4.69, 9.17) is 9.47 Å². The van der Waals surface area contributed by atoms with Crippen molar-refractivity contribution in [3.8, 4) is 16.9 Å². The number of halogens is 1. The second-order valence-corrected chi connectivity index (χ2v) is 8.00. The van der Waals surface area contributed by atoms with E-state index in [1.807, 2.05) is 18.2 Å². The Kier molecular flexibility index (Phi) is 5.46. The maximum atomic E-state index is 14.3. The summed E-state index contributed by atoms with van der Waals surface area (Å²) in [5.41, 5.74) is 4.18. The standard InChI is InChI=1S/C25H20FN3O5/c1-14(30)27-20-4-2-3-15(9-20)16-5-6-21-22(10-16)29(25(31)23(21)28-32)11-17-7-19(26)8-18-12-33-13-34-24(17)18/h2-10,32H,11-13H2,1H3,(H,27,30)/b28-23-. The van der Waals surface area contributed by atoms with Crippen LogP contribution in [-0.2, 0) is 27.5 Å². The van der Waals surface area contributed by atoms with E-state index < -0.39 is 11.7 Å². The van der Waals surface area contributed by atoms with Crippen LogP contribution in [0.4, 0.5) is 15.8 Å². The molecule has 3 aromatic carbocycles. The molecule has 0 aliphatic carbocycles. The summed E-state index contributed by atoms with van der Waals surface area (Å²) in [5, 5.41) is 15.5. The summed E-state index contributed by atoms with van der Waals surface area (Å²) in [7, 11) is 0. The molecule has 2 heterocycles. The third-order valence-electron chi connectivity index (χ3n) is 5.69. The van der Waals surface area contributed by atoms with Gasteiger partial charge >= 0.3 is 0 Å². The van der Waals surface area contributed by atoms with Crippen molar-refractivity contribution < 1.29 is 28.7 Å². The SMILES string of the molecule is CC(=O)Nc1cccc(-c2ccc3c(c2)N(Cc2cc(F)cc4c2OCOC4)C(=O)/C3=N\O)c1. The molecule has 2 aliphatic rings. The highest BCUT2D eigenvalue weighted by Gasteiger charge is 2.36. The summed E-state index contributed by atoms with van der Waals surface area (Å²) in [6.07, 6.45) is 0. The molecule has 2 aliphatic heterocycles. The molecule has 3 aromatic rings. The smallest absolute Gasteiger partial charge is 0.281 e. The van der Waals surface area contributed by atoms with Crippen LogP contribution in [-0.4, -0.2) is 29.5 Å². The molecule has 9 heteroatoms. The largest absolute Gasteiger partial charge is 0.467 e. The number of carbonyl (C=O) groups excluding carboxylic acids is 2. The van der Waals surface area contributed by atoms with Gasteiger partial charge in [-0.25, -0.2) is 4.39 Å². The molecule has 0 saturated heterocycles. The Balaban J connectivity index is 1.56. The lowest BCUT2D eigenvalue weighted by atomic mass is 10.0. The Hall–Kier alpha value is -4.24. The van der Waals surface area contributed by atoms with E-state index in [9.17, 15) is 19.2 Å². The number of fused-ring (bicyclic) bond motifs is 2. The Morgan fingerprint density at radius 1 is 1.18 bits per heavy atom. The summed E-state index contributed by atoms with van der Waals surface area (Å²) >= 11 is 0. The first-order valence-corrected chi connectivity index (χ1v) is 10.5. The van der Waals surface area contributed by atoms with Crippen molar-refractivity contribution in [2.45, 2.75) is 20.1 Å². The van der Waals surface area contributed by atoms with E-state index in [0.29, 0.717) is 33.8 Å². The first kappa shape index (κ1) is 21.6. The fraction of sp³-hybridized carbons (Fsp3) is 0.160. The van der Waals surface area contributed by atoms with Crippen LogP contribution in [0.15, 0.2) is 59.8 Å². The van der Waals surface area contributed by atoms with E-state index in [0.717, 1.165) is 11.1 Å². The molecule has 172 valence electrons. The van der Waals surface area contributed by atoms with Crippen LogP contribution < -0.4 is 15.0 Å². The molecule has 0 fully saturated rings. The number of ether oxygens (including phenoxy) is 2. The zero-order valence-electron chi connectivity index (χ0n) is 18.2. The predicted molar refractivity (Wildman–Crippen MR) is 122 cm³/mol. The number of amides is 2. The summed E-state index contributed by atoms with van der Waals surface area (Å²) in [5.74, 6) is -0.672. The highest BCUT2D eigenvalue weighted by atomic mass is 19.1. The molecule has 2 N–H and O–H groups in total. The maximum absolute atomic E-state index is 14.3. The molecule has 0 radical (unpaired) electrons. The zero-order valence-corrected chi connectivity index (χ0v) is 18.2. The van der Waals surface area contributed by atoms with Crippen LogP contribution in [0, 0.1) is 5.82 Å². The lowest BCUT2D eigenvalue weighted by molar-refractivity contribution is -0.114. The number of anilines is 2.